The first kappa shape index (κ1) is 10.4. The van der Waals surface area contributed by atoms with E-state index in [0.717, 1.165) is 30.4 Å². The second-order valence-corrected chi connectivity index (χ2v) is 4.62. The molecule has 5 nitrogen and oxygen atoms in total. The molecular weight excluding hydrogens is 216 g/mol. The van der Waals surface area contributed by atoms with Gasteiger partial charge in [0, 0.05) is 12.4 Å². The molecule has 0 saturated heterocycles. The molecule has 2 N–H and O–H groups in total. The zero-order valence-electron chi connectivity index (χ0n) is 9.68. The minimum Gasteiger partial charge on any atom is -0.334 e. The van der Waals surface area contributed by atoms with Gasteiger partial charge in [0.2, 0.25) is 0 Å². The standard InChI is InChI=1S/C12H14N4O/c1-8-3-6-14-7-9(8)10-15-11(16-17-10)12(13)4-2-5-12/h3,6-7H,2,4-5,13H2,1H3. The Morgan fingerprint density at radius 1 is 1.41 bits per heavy atom. The van der Waals surface area contributed by atoms with E-state index in [1.165, 1.54) is 0 Å². The largest absolute Gasteiger partial charge is 0.334 e. The molecule has 0 amide bonds. The maximum Gasteiger partial charge on any atom is 0.259 e. The van der Waals surface area contributed by atoms with Gasteiger partial charge in [0.15, 0.2) is 5.82 Å². The SMILES string of the molecule is Cc1ccncc1-c1nc(C2(N)CCC2)no1. The van der Waals surface area contributed by atoms with Crippen molar-refractivity contribution in [3.8, 4) is 11.5 Å². The highest BCUT2D eigenvalue weighted by Gasteiger charge is 2.39. The van der Waals surface area contributed by atoms with Gasteiger partial charge < -0.3 is 10.3 Å². The van der Waals surface area contributed by atoms with Crippen molar-refractivity contribution in [2.45, 2.75) is 31.7 Å². The van der Waals surface area contributed by atoms with Gasteiger partial charge in [-0.1, -0.05) is 5.16 Å². The predicted molar refractivity (Wildman–Crippen MR) is 62.0 cm³/mol. The van der Waals surface area contributed by atoms with E-state index in [-0.39, 0.29) is 5.54 Å². The maximum absolute atomic E-state index is 6.15. The normalized spacial score (nSPS) is 17.8. The predicted octanol–water partition coefficient (Wildman–Crippen LogP) is 1.78. The number of aryl methyl sites for hydroxylation is 1. The van der Waals surface area contributed by atoms with Crippen molar-refractivity contribution < 1.29 is 4.52 Å². The second kappa shape index (κ2) is 3.63. The highest BCUT2D eigenvalue weighted by molar-refractivity contribution is 5.56. The van der Waals surface area contributed by atoms with E-state index >= 15 is 0 Å². The molecule has 0 radical (unpaired) electrons. The van der Waals surface area contributed by atoms with Gasteiger partial charge in [0.05, 0.1) is 11.1 Å². The van der Waals surface area contributed by atoms with Gasteiger partial charge in [-0.3, -0.25) is 4.98 Å². The number of aromatic nitrogens is 3. The van der Waals surface area contributed by atoms with Crippen LogP contribution in [0.2, 0.25) is 0 Å². The number of hydrogen-bond acceptors (Lipinski definition) is 5. The van der Waals surface area contributed by atoms with Gasteiger partial charge >= 0.3 is 0 Å². The molecule has 3 rings (SSSR count). The highest BCUT2D eigenvalue weighted by Crippen LogP contribution is 2.37. The Bertz CT molecular complexity index is 545. The zero-order valence-corrected chi connectivity index (χ0v) is 9.68. The smallest absolute Gasteiger partial charge is 0.259 e. The summed E-state index contributed by atoms with van der Waals surface area (Å²) in [6.45, 7) is 1.99. The molecule has 1 aliphatic carbocycles. The molecule has 0 aliphatic heterocycles. The molecule has 0 aromatic carbocycles. The van der Waals surface area contributed by atoms with Crippen molar-refractivity contribution in [3.05, 3.63) is 29.8 Å². The Hall–Kier alpha value is -1.75. The van der Waals surface area contributed by atoms with Gasteiger partial charge in [-0.15, -0.1) is 0 Å². The van der Waals surface area contributed by atoms with Gasteiger partial charge in [0.1, 0.15) is 0 Å². The number of nitrogens with zero attached hydrogens (tertiary/aromatic N) is 3. The molecule has 0 unspecified atom stereocenters. The van der Waals surface area contributed by atoms with Crippen LogP contribution in [-0.4, -0.2) is 15.1 Å². The lowest BCUT2D eigenvalue weighted by atomic mass is 9.77. The molecule has 1 fully saturated rings. The first-order valence-electron chi connectivity index (χ1n) is 5.73. The van der Waals surface area contributed by atoms with Gasteiger partial charge in [-0.05, 0) is 37.8 Å². The van der Waals surface area contributed by atoms with Gasteiger partial charge in [-0.25, -0.2) is 0 Å². The summed E-state index contributed by atoms with van der Waals surface area (Å²) >= 11 is 0. The van der Waals surface area contributed by atoms with Crippen molar-refractivity contribution >= 4 is 0 Å². The topological polar surface area (TPSA) is 77.8 Å². The number of nitrogens with two attached hydrogens (primary N) is 1. The summed E-state index contributed by atoms with van der Waals surface area (Å²) in [7, 11) is 0. The molecule has 5 heteroatoms. The average Bonchev–Trinajstić information content (AvgIpc) is 2.76. The molecule has 88 valence electrons. The summed E-state index contributed by atoms with van der Waals surface area (Å²) in [6, 6.07) is 1.92. The molecule has 0 spiro atoms. The molecule has 0 bridgehead atoms. The fraction of sp³-hybridized carbons (Fsp3) is 0.417. The van der Waals surface area contributed by atoms with E-state index in [0.29, 0.717) is 11.7 Å². The lowest BCUT2D eigenvalue weighted by Crippen LogP contribution is -2.44. The summed E-state index contributed by atoms with van der Waals surface area (Å²) in [4.78, 5) is 8.46. The first-order chi connectivity index (χ1) is 8.19. The van der Waals surface area contributed by atoms with E-state index in [1.54, 1.807) is 12.4 Å². The zero-order chi connectivity index (χ0) is 11.9. The van der Waals surface area contributed by atoms with Crippen molar-refractivity contribution in [2.24, 2.45) is 5.73 Å². The Kier molecular flexibility index (Phi) is 2.22. The van der Waals surface area contributed by atoms with Crippen LogP contribution in [0.1, 0.15) is 30.7 Å². The van der Waals surface area contributed by atoms with Crippen LogP contribution in [0.5, 0.6) is 0 Å². The third kappa shape index (κ3) is 1.63. The first-order valence-corrected chi connectivity index (χ1v) is 5.73. The Morgan fingerprint density at radius 2 is 2.24 bits per heavy atom. The van der Waals surface area contributed by atoms with Crippen LogP contribution in [0.15, 0.2) is 23.0 Å². The summed E-state index contributed by atoms with van der Waals surface area (Å²) in [5.41, 5.74) is 7.71. The fourth-order valence-electron chi connectivity index (χ4n) is 2.00. The molecule has 2 aromatic rings. The van der Waals surface area contributed by atoms with Crippen LogP contribution in [0.25, 0.3) is 11.5 Å². The van der Waals surface area contributed by atoms with Crippen LogP contribution in [-0.2, 0) is 5.54 Å². The minimum atomic E-state index is -0.377. The molecule has 2 heterocycles. The maximum atomic E-state index is 6.15. The third-order valence-corrected chi connectivity index (χ3v) is 3.39. The van der Waals surface area contributed by atoms with Gasteiger partial charge in [0.25, 0.3) is 5.89 Å². The lowest BCUT2D eigenvalue weighted by molar-refractivity contribution is 0.229. The van der Waals surface area contributed by atoms with E-state index in [9.17, 15) is 0 Å². The quantitative estimate of drug-likeness (QED) is 0.850. The fourth-order valence-corrected chi connectivity index (χ4v) is 2.00. The monoisotopic (exact) mass is 230 g/mol. The van der Waals surface area contributed by atoms with Crippen molar-refractivity contribution in [2.75, 3.05) is 0 Å². The van der Waals surface area contributed by atoms with Gasteiger partial charge in [-0.2, -0.15) is 4.98 Å². The molecule has 2 aromatic heterocycles. The number of pyridine rings is 1. The highest BCUT2D eigenvalue weighted by atomic mass is 16.5. The minimum absolute atomic E-state index is 0.377. The summed E-state index contributed by atoms with van der Waals surface area (Å²) < 4.78 is 5.27. The molecule has 1 saturated carbocycles. The van der Waals surface area contributed by atoms with Crippen molar-refractivity contribution in [1.82, 2.24) is 15.1 Å². The molecule has 1 aliphatic rings. The van der Waals surface area contributed by atoms with Crippen LogP contribution < -0.4 is 5.73 Å². The summed E-state index contributed by atoms with van der Waals surface area (Å²) in [5.74, 6) is 1.12. The number of hydrogen-bond donors (Lipinski definition) is 1. The molecular formula is C12H14N4O. The van der Waals surface area contributed by atoms with E-state index < -0.39 is 0 Å². The van der Waals surface area contributed by atoms with Crippen LogP contribution in [0.3, 0.4) is 0 Å². The van der Waals surface area contributed by atoms with Crippen LogP contribution in [0, 0.1) is 6.92 Å². The Morgan fingerprint density at radius 3 is 2.88 bits per heavy atom. The third-order valence-electron chi connectivity index (χ3n) is 3.39. The van der Waals surface area contributed by atoms with Crippen molar-refractivity contribution in [3.63, 3.8) is 0 Å². The molecule has 0 atom stereocenters. The second-order valence-electron chi connectivity index (χ2n) is 4.62. The Labute approximate surface area is 99.1 Å². The summed E-state index contributed by atoms with van der Waals surface area (Å²) in [5, 5.41) is 3.99. The number of rotatable bonds is 2. The molecule has 17 heavy (non-hydrogen) atoms. The van der Waals surface area contributed by atoms with E-state index in [2.05, 4.69) is 15.1 Å². The van der Waals surface area contributed by atoms with E-state index in [4.69, 9.17) is 10.3 Å². The average molecular weight is 230 g/mol. The summed E-state index contributed by atoms with van der Waals surface area (Å²) in [6.07, 6.45) is 6.46. The lowest BCUT2D eigenvalue weighted by Gasteiger charge is -2.34. The van der Waals surface area contributed by atoms with E-state index in [1.807, 2.05) is 13.0 Å². The van der Waals surface area contributed by atoms with Crippen molar-refractivity contribution in [1.29, 1.82) is 0 Å². The Balaban J connectivity index is 1.98. The van der Waals surface area contributed by atoms with Crippen LogP contribution in [0.4, 0.5) is 0 Å². The van der Waals surface area contributed by atoms with Crippen LogP contribution >= 0.6 is 0 Å².